The number of anilines is 1. The first-order valence-corrected chi connectivity index (χ1v) is 9.77. The molecule has 3 heterocycles. The Labute approximate surface area is 159 Å². The Bertz CT molecular complexity index is 966. The van der Waals surface area contributed by atoms with Crippen LogP contribution in [0.2, 0.25) is 0 Å². The molecule has 0 saturated heterocycles. The van der Waals surface area contributed by atoms with E-state index in [-0.39, 0.29) is 6.79 Å². The normalized spacial score (nSPS) is 17.0. The molecule has 1 fully saturated rings. The molecule has 0 atom stereocenters. The SMILES string of the molecule is Brc1ccc2c(c1-c1nc3cnccn3c1NC1CCCCC1)OCO2. The van der Waals surface area contributed by atoms with Crippen molar-refractivity contribution in [3.63, 3.8) is 0 Å². The van der Waals surface area contributed by atoms with Crippen LogP contribution in [0.25, 0.3) is 16.9 Å². The predicted molar refractivity (Wildman–Crippen MR) is 103 cm³/mol. The molecule has 26 heavy (non-hydrogen) atoms. The zero-order valence-corrected chi connectivity index (χ0v) is 15.8. The van der Waals surface area contributed by atoms with Gasteiger partial charge in [-0.05, 0) is 40.9 Å². The van der Waals surface area contributed by atoms with Gasteiger partial charge < -0.3 is 14.8 Å². The summed E-state index contributed by atoms with van der Waals surface area (Å²) in [5.41, 5.74) is 2.59. The number of halogens is 1. The number of imidazole rings is 1. The quantitative estimate of drug-likeness (QED) is 0.676. The van der Waals surface area contributed by atoms with Gasteiger partial charge in [0.1, 0.15) is 11.5 Å². The maximum atomic E-state index is 5.76. The average molecular weight is 415 g/mol. The molecule has 1 aliphatic carbocycles. The van der Waals surface area contributed by atoms with Gasteiger partial charge in [0, 0.05) is 22.9 Å². The summed E-state index contributed by atoms with van der Waals surface area (Å²) in [5, 5.41) is 3.74. The lowest BCUT2D eigenvalue weighted by molar-refractivity contribution is 0.174. The van der Waals surface area contributed by atoms with Crippen LogP contribution in [0, 0.1) is 0 Å². The smallest absolute Gasteiger partial charge is 0.231 e. The van der Waals surface area contributed by atoms with Gasteiger partial charge in [0.25, 0.3) is 0 Å². The van der Waals surface area contributed by atoms with Crippen molar-refractivity contribution in [3.8, 4) is 22.8 Å². The maximum absolute atomic E-state index is 5.76. The van der Waals surface area contributed by atoms with Crippen LogP contribution in [0.1, 0.15) is 32.1 Å². The lowest BCUT2D eigenvalue weighted by Gasteiger charge is -2.24. The second-order valence-corrected chi connectivity index (χ2v) is 7.60. The first-order chi connectivity index (χ1) is 12.8. The summed E-state index contributed by atoms with van der Waals surface area (Å²) < 4.78 is 14.3. The van der Waals surface area contributed by atoms with Crippen molar-refractivity contribution in [3.05, 3.63) is 35.2 Å². The molecule has 134 valence electrons. The van der Waals surface area contributed by atoms with Crippen molar-refractivity contribution < 1.29 is 9.47 Å². The van der Waals surface area contributed by atoms with E-state index in [0.29, 0.717) is 6.04 Å². The number of hydrogen-bond acceptors (Lipinski definition) is 5. The van der Waals surface area contributed by atoms with Gasteiger partial charge in [0.15, 0.2) is 17.1 Å². The highest BCUT2D eigenvalue weighted by molar-refractivity contribution is 9.10. The van der Waals surface area contributed by atoms with E-state index in [0.717, 1.165) is 38.7 Å². The van der Waals surface area contributed by atoms with Crippen molar-refractivity contribution in [1.82, 2.24) is 14.4 Å². The van der Waals surface area contributed by atoms with Crippen LogP contribution in [0.3, 0.4) is 0 Å². The summed E-state index contributed by atoms with van der Waals surface area (Å²) in [5.74, 6) is 2.48. The third-order valence-corrected chi connectivity index (χ3v) is 5.76. The Morgan fingerprint density at radius 3 is 2.92 bits per heavy atom. The van der Waals surface area contributed by atoms with Gasteiger partial charge in [-0.25, -0.2) is 4.98 Å². The number of hydrogen-bond donors (Lipinski definition) is 1. The molecule has 0 bridgehead atoms. The van der Waals surface area contributed by atoms with Crippen LogP contribution < -0.4 is 14.8 Å². The summed E-state index contributed by atoms with van der Waals surface area (Å²) >= 11 is 3.68. The second kappa shape index (κ2) is 6.46. The minimum Gasteiger partial charge on any atom is -0.454 e. The Kier molecular flexibility index (Phi) is 3.96. The fraction of sp³-hybridized carbons (Fsp3) is 0.368. The highest BCUT2D eigenvalue weighted by Crippen LogP contribution is 2.47. The molecule has 0 amide bonds. The lowest BCUT2D eigenvalue weighted by Crippen LogP contribution is -2.23. The highest BCUT2D eigenvalue weighted by atomic mass is 79.9. The van der Waals surface area contributed by atoms with Crippen LogP contribution >= 0.6 is 15.9 Å². The van der Waals surface area contributed by atoms with E-state index in [9.17, 15) is 0 Å². The Hall–Kier alpha value is -2.28. The first-order valence-electron chi connectivity index (χ1n) is 8.98. The van der Waals surface area contributed by atoms with Gasteiger partial charge in [-0.15, -0.1) is 0 Å². The topological polar surface area (TPSA) is 60.7 Å². The van der Waals surface area contributed by atoms with E-state index in [1.807, 2.05) is 18.3 Å². The molecule has 0 radical (unpaired) electrons. The molecule has 0 unspecified atom stereocenters. The van der Waals surface area contributed by atoms with Crippen molar-refractivity contribution in [1.29, 1.82) is 0 Å². The lowest BCUT2D eigenvalue weighted by atomic mass is 9.95. The molecule has 1 aliphatic heterocycles. The number of rotatable bonds is 3. The fourth-order valence-corrected chi connectivity index (χ4v) is 4.33. The average Bonchev–Trinajstić information content (AvgIpc) is 3.28. The van der Waals surface area contributed by atoms with E-state index < -0.39 is 0 Å². The van der Waals surface area contributed by atoms with Crippen molar-refractivity contribution in [2.24, 2.45) is 0 Å². The number of nitrogens with one attached hydrogen (secondary N) is 1. The van der Waals surface area contributed by atoms with Crippen LogP contribution in [0.5, 0.6) is 11.5 Å². The zero-order chi connectivity index (χ0) is 17.5. The minimum absolute atomic E-state index is 0.235. The third kappa shape index (κ3) is 2.61. The predicted octanol–water partition coefficient (Wildman–Crippen LogP) is 4.63. The summed E-state index contributed by atoms with van der Waals surface area (Å²) in [6, 6.07) is 4.36. The van der Waals surface area contributed by atoms with Crippen molar-refractivity contribution in [2.45, 2.75) is 38.1 Å². The molecule has 2 aliphatic rings. The van der Waals surface area contributed by atoms with E-state index >= 15 is 0 Å². The molecule has 1 saturated carbocycles. The molecule has 6 nitrogen and oxygen atoms in total. The van der Waals surface area contributed by atoms with Gasteiger partial charge in [0.05, 0.1) is 11.8 Å². The summed E-state index contributed by atoms with van der Waals surface area (Å²) in [4.78, 5) is 9.08. The summed E-state index contributed by atoms with van der Waals surface area (Å²) in [6.45, 7) is 0.235. The third-order valence-electron chi connectivity index (χ3n) is 5.10. The van der Waals surface area contributed by atoms with Gasteiger partial charge in [0.2, 0.25) is 6.79 Å². The van der Waals surface area contributed by atoms with Gasteiger partial charge >= 0.3 is 0 Å². The Morgan fingerprint density at radius 1 is 1.15 bits per heavy atom. The highest BCUT2D eigenvalue weighted by Gasteiger charge is 2.27. The maximum Gasteiger partial charge on any atom is 0.231 e. The molecule has 1 N–H and O–H groups in total. The van der Waals surface area contributed by atoms with E-state index in [1.54, 1.807) is 12.4 Å². The van der Waals surface area contributed by atoms with Crippen molar-refractivity contribution >= 4 is 27.4 Å². The van der Waals surface area contributed by atoms with Crippen LogP contribution in [0.4, 0.5) is 5.82 Å². The Balaban J connectivity index is 1.68. The monoisotopic (exact) mass is 414 g/mol. The molecular weight excluding hydrogens is 396 g/mol. The zero-order valence-electron chi connectivity index (χ0n) is 14.2. The van der Waals surface area contributed by atoms with Gasteiger partial charge in [-0.3, -0.25) is 9.38 Å². The van der Waals surface area contributed by atoms with Gasteiger partial charge in [-0.1, -0.05) is 19.3 Å². The second-order valence-electron chi connectivity index (χ2n) is 6.75. The molecule has 2 aromatic heterocycles. The minimum atomic E-state index is 0.235. The van der Waals surface area contributed by atoms with Crippen LogP contribution in [-0.4, -0.2) is 27.2 Å². The van der Waals surface area contributed by atoms with E-state index in [2.05, 4.69) is 30.6 Å². The molecule has 7 heteroatoms. The number of fused-ring (bicyclic) bond motifs is 2. The van der Waals surface area contributed by atoms with Gasteiger partial charge in [-0.2, -0.15) is 0 Å². The number of ether oxygens (including phenoxy) is 2. The Morgan fingerprint density at radius 2 is 2.04 bits per heavy atom. The van der Waals surface area contributed by atoms with Crippen LogP contribution in [0.15, 0.2) is 35.2 Å². The number of aromatic nitrogens is 3. The van der Waals surface area contributed by atoms with Crippen LogP contribution in [-0.2, 0) is 0 Å². The fourth-order valence-electron chi connectivity index (χ4n) is 3.83. The molecule has 3 aromatic rings. The standard InChI is InChI=1S/C19H19BrN4O2/c20-13-6-7-14-18(26-11-25-14)16(13)17-19(22-12-4-2-1-3-5-12)24-9-8-21-10-15(24)23-17/h6-10,12,22H,1-5,11H2. The van der Waals surface area contributed by atoms with E-state index in [4.69, 9.17) is 14.5 Å². The largest absolute Gasteiger partial charge is 0.454 e. The summed E-state index contributed by atoms with van der Waals surface area (Å²) in [7, 11) is 0. The summed E-state index contributed by atoms with van der Waals surface area (Å²) in [6.07, 6.45) is 11.8. The molecular formula is C19H19BrN4O2. The molecule has 1 aromatic carbocycles. The molecule has 0 spiro atoms. The number of benzene rings is 1. The first kappa shape index (κ1) is 15.9. The van der Waals surface area contributed by atoms with E-state index in [1.165, 1.54) is 32.1 Å². The van der Waals surface area contributed by atoms with Crippen molar-refractivity contribution in [2.75, 3.05) is 12.1 Å². The number of nitrogens with zero attached hydrogens (tertiary/aromatic N) is 3. The molecule has 5 rings (SSSR count).